The number of thiazole rings is 1. The monoisotopic (exact) mass is 302 g/mol. The van der Waals surface area contributed by atoms with E-state index in [0.717, 1.165) is 27.5 Å². The molecule has 0 saturated heterocycles. The van der Waals surface area contributed by atoms with Gasteiger partial charge >= 0.3 is 0 Å². The summed E-state index contributed by atoms with van der Waals surface area (Å²) in [5, 5.41) is 4.93. The lowest BCUT2D eigenvalue weighted by molar-refractivity contribution is 0.0950. The number of alkyl halides is 1. The second kappa shape index (κ2) is 4.45. The molecule has 1 fully saturated rings. The van der Waals surface area contributed by atoms with Crippen LogP contribution >= 0.6 is 27.3 Å². The van der Waals surface area contributed by atoms with Crippen molar-refractivity contribution in [2.45, 2.75) is 26.7 Å². The van der Waals surface area contributed by atoms with Crippen molar-refractivity contribution in [2.24, 2.45) is 5.41 Å². The van der Waals surface area contributed by atoms with Crippen molar-refractivity contribution < 1.29 is 4.79 Å². The van der Waals surface area contributed by atoms with Crippen LogP contribution in [0.25, 0.3) is 0 Å². The Morgan fingerprint density at radius 3 is 2.69 bits per heavy atom. The highest BCUT2D eigenvalue weighted by Crippen LogP contribution is 2.46. The highest BCUT2D eigenvalue weighted by atomic mass is 79.9. The van der Waals surface area contributed by atoms with Crippen LogP contribution < -0.4 is 5.32 Å². The van der Waals surface area contributed by atoms with Crippen LogP contribution in [0.4, 0.5) is 0 Å². The highest BCUT2D eigenvalue weighted by molar-refractivity contribution is 9.09. The predicted octanol–water partition coefficient (Wildman–Crippen LogP) is 2.66. The van der Waals surface area contributed by atoms with E-state index in [9.17, 15) is 4.79 Å². The van der Waals surface area contributed by atoms with Gasteiger partial charge in [-0.15, -0.1) is 11.3 Å². The van der Waals surface area contributed by atoms with E-state index in [0.29, 0.717) is 5.41 Å². The van der Waals surface area contributed by atoms with E-state index < -0.39 is 0 Å². The van der Waals surface area contributed by atoms with Gasteiger partial charge in [0.05, 0.1) is 10.7 Å². The molecule has 1 N–H and O–H groups in total. The number of nitrogens with one attached hydrogen (secondary N) is 1. The summed E-state index contributed by atoms with van der Waals surface area (Å²) in [4.78, 5) is 16.9. The summed E-state index contributed by atoms with van der Waals surface area (Å²) in [5.41, 5.74) is 1.16. The Bertz CT molecular complexity index is 412. The first-order valence-electron chi connectivity index (χ1n) is 5.34. The summed E-state index contributed by atoms with van der Waals surface area (Å²) in [6.07, 6.45) is 2.42. The van der Waals surface area contributed by atoms with Gasteiger partial charge in [-0.3, -0.25) is 4.79 Å². The van der Waals surface area contributed by atoms with E-state index in [4.69, 9.17) is 0 Å². The molecule has 0 aromatic carbocycles. The molecule has 0 unspecified atom stereocenters. The number of aromatic nitrogens is 1. The van der Waals surface area contributed by atoms with Crippen LogP contribution in [0, 0.1) is 19.3 Å². The quantitative estimate of drug-likeness (QED) is 0.869. The summed E-state index contributed by atoms with van der Waals surface area (Å²) in [5.74, 6) is 0.0234. The zero-order chi connectivity index (χ0) is 11.8. The maximum Gasteiger partial charge on any atom is 0.263 e. The standard InChI is InChI=1S/C11H15BrN2OS/c1-7-9(16-8(2)14-7)10(15)13-6-11(5-12)3-4-11/h3-6H2,1-2H3,(H,13,15). The third-order valence-corrected chi connectivity index (χ3v) is 5.24. The summed E-state index contributed by atoms with van der Waals surface area (Å²) >= 11 is 4.96. The maximum atomic E-state index is 11.9. The van der Waals surface area contributed by atoms with Crippen molar-refractivity contribution in [1.29, 1.82) is 0 Å². The molecule has 16 heavy (non-hydrogen) atoms. The summed E-state index contributed by atoms with van der Waals surface area (Å²) < 4.78 is 0. The smallest absolute Gasteiger partial charge is 0.263 e. The number of halogens is 1. The summed E-state index contributed by atoms with van der Waals surface area (Å²) in [6, 6.07) is 0. The predicted molar refractivity (Wildman–Crippen MR) is 69.4 cm³/mol. The minimum absolute atomic E-state index is 0.0234. The van der Waals surface area contributed by atoms with Gasteiger partial charge in [0.1, 0.15) is 4.88 Å². The average Bonchev–Trinajstić information content (AvgIpc) is 2.96. The molecule has 1 saturated carbocycles. The molecule has 0 atom stereocenters. The molecule has 1 heterocycles. The molecule has 88 valence electrons. The van der Waals surface area contributed by atoms with Crippen LogP contribution in [0.3, 0.4) is 0 Å². The lowest BCUT2D eigenvalue weighted by Gasteiger charge is -2.11. The zero-order valence-corrected chi connectivity index (χ0v) is 11.9. The Hall–Kier alpha value is -0.420. The Kier molecular flexibility index (Phi) is 3.35. The molecule has 1 aromatic heterocycles. The second-order valence-corrected chi connectivity index (χ2v) is 6.23. The molecule has 0 spiro atoms. The largest absolute Gasteiger partial charge is 0.351 e. The molecular formula is C11H15BrN2OS. The minimum atomic E-state index is 0.0234. The van der Waals surface area contributed by atoms with Crippen molar-refractivity contribution in [1.82, 2.24) is 10.3 Å². The van der Waals surface area contributed by atoms with Crippen LogP contribution in [-0.4, -0.2) is 22.8 Å². The molecule has 5 heteroatoms. The molecule has 1 aliphatic carbocycles. The van der Waals surface area contributed by atoms with E-state index in [1.54, 1.807) is 0 Å². The lowest BCUT2D eigenvalue weighted by atomic mass is 10.1. The third kappa shape index (κ3) is 2.46. The fourth-order valence-corrected chi connectivity index (χ4v) is 3.22. The Balaban J connectivity index is 1.96. The number of carbonyl (C=O) groups is 1. The number of hydrogen-bond donors (Lipinski definition) is 1. The van der Waals surface area contributed by atoms with Gasteiger partial charge in [0.2, 0.25) is 0 Å². The van der Waals surface area contributed by atoms with Gasteiger partial charge in [-0.05, 0) is 32.1 Å². The fraction of sp³-hybridized carbons (Fsp3) is 0.636. The van der Waals surface area contributed by atoms with Crippen molar-refractivity contribution in [3.05, 3.63) is 15.6 Å². The van der Waals surface area contributed by atoms with Gasteiger partial charge in [0, 0.05) is 11.9 Å². The van der Waals surface area contributed by atoms with Gasteiger partial charge in [-0.1, -0.05) is 15.9 Å². The fourth-order valence-electron chi connectivity index (χ4n) is 1.62. The van der Waals surface area contributed by atoms with Crippen LogP contribution in [0.15, 0.2) is 0 Å². The molecule has 1 aromatic rings. The van der Waals surface area contributed by atoms with E-state index >= 15 is 0 Å². The first kappa shape index (κ1) is 12.0. The third-order valence-electron chi connectivity index (χ3n) is 2.97. The van der Waals surface area contributed by atoms with Crippen LogP contribution in [0.5, 0.6) is 0 Å². The maximum absolute atomic E-state index is 11.9. The van der Waals surface area contributed by atoms with E-state index in [-0.39, 0.29) is 5.91 Å². The number of rotatable bonds is 4. The van der Waals surface area contributed by atoms with Crippen molar-refractivity contribution >= 4 is 33.2 Å². The first-order chi connectivity index (χ1) is 7.56. The lowest BCUT2D eigenvalue weighted by Crippen LogP contribution is -2.30. The van der Waals surface area contributed by atoms with Crippen molar-refractivity contribution in [2.75, 3.05) is 11.9 Å². The zero-order valence-electron chi connectivity index (χ0n) is 9.47. The van der Waals surface area contributed by atoms with Gasteiger partial charge in [0.15, 0.2) is 0 Å². The second-order valence-electron chi connectivity index (χ2n) is 4.46. The van der Waals surface area contributed by atoms with Crippen LogP contribution in [0.1, 0.15) is 33.2 Å². The number of carbonyl (C=O) groups excluding carboxylic acids is 1. The van der Waals surface area contributed by atoms with E-state index in [1.807, 2.05) is 13.8 Å². The van der Waals surface area contributed by atoms with Crippen LogP contribution in [0.2, 0.25) is 0 Å². The molecule has 3 nitrogen and oxygen atoms in total. The van der Waals surface area contributed by atoms with E-state index in [2.05, 4.69) is 26.2 Å². The number of aryl methyl sites for hydroxylation is 2. The number of hydrogen-bond acceptors (Lipinski definition) is 3. The molecular weight excluding hydrogens is 288 g/mol. The summed E-state index contributed by atoms with van der Waals surface area (Å²) in [7, 11) is 0. The minimum Gasteiger partial charge on any atom is -0.351 e. The molecule has 1 aliphatic rings. The molecule has 0 aliphatic heterocycles. The first-order valence-corrected chi connectivity index (χ1v) is 7.28. The van der Waals surface area contributed by atoms with Crippen LogP contribution in [-0.2, 0) is 0 Å². The topological polar surface area (TPSA) is 42.0 Å². The van der Waals surface area contributed by atoms with Gasteiger partial charge < -0.3 is 5.32 Å². The summed E-state index contributed by atoms with van der Waals surface area (Å²) in [6.45, 7) is 4.58. The molecule has 0 bridgehead atoms. The molecule has 0 radical (unpaired) electrons. The SMILES string of the molecule is Cc1nc(C)c(C(=O)NCC2(CBr)CC2)s1. The van der Waals surface area contributed by atoms with Crippen molar-refractivity contribution in [3.63, 3.8) is 0 Å². The number of amides is 1. The Labute approximate surface area is 108 Å². The highest BCUT2D eigenvalue weighted by Gasteiger charge is 2.41. The molecule has 2 rings (SSSR count). The molecule has 1 amide bonds. The van der Waals surface area contributed by atoms with Gasteiger partial charge in [-0.2, -0.15) is 0 Å². The average molecular weight is 303 g/mol. The normalized spacial score (nSPS) is 17.2. The van der Waals surface area contributed by atoms with E-state index in [1.165, 1.54) is 24.2 Å². The Morgan fingerprint density at radius 1 is 1.56 bits per heavy atom. The number of nitrogens with zero attached hydrogens (tertiary/aromatic N) is 1. The Morgan fingerprint density at radius 2 is 2.25 bits per heavy atom. The van der Waals surface area contributed by atoms with Gasteiger partial charge in [-0.25, -0.2) is 4.98 Å². The van der Waals surface area contributed by atoms with Gasteiger partial charge in [0.25, 0.3) is 5.91 Å². The van der Waals surface area contributed by atoms with Crippen molar-refractivity contribution in [3.8, 4) is 0 Å².